The van der Waals surface area contributed by atoms with E-state index in [0.717, 1.165) is 45.6 Å². The summed E-state index contributed by atoms with van der Waals surface area (Å²) in [4.78, 5) is 2.35. The number of benzene rings is 1. The molecule has 0 saturated heterocycles. The maximum Gasteiger partial charge on any atom is 0.0601 e. The van der Waals surface area contributed by atoms with Crippen LogP contribution in [0.25, 0.3) is 0 Å². The summed E-state index contributed by atoms with van der Waals surface area (Å²) in [5.74, 6) is 2.77. The van der Waals surface area contributed by atoms with Crippen LogP contribution in [-0.4, -0.2) is 31.1 Å². The van der Waals surface area contributed by atoms with Gasteiger partial charge in [-0.25, -0.2) is 0 Å². The Kier molecular flexibility index (Phi) is 8.78. The van der Waals surface area contributed by atoms with E-state index in [1.54, 1.807) is 0 Å². The number of hydrogen-bond acceptors (Lipinski definition) is 2. The van der Waals surface area contributed by atoms with Crippen molar-refractivity contribution < 1.29 is 0 Å². The van der Waals surface area contributed by atoms with Gasteiger partial charge in [0.15, 0.2) is 0 Å². The fraction of sp³-hybridized carbons (Fsp3) is 0.556. The Bertz CT molecular complexity index is 406. The average molecular weight is 272 g/mol. The minimum Gasteiger partial charge on any atom is -0.316 e. The molecule has 0 atom stereocenters. The summed E-state index contributed by atoms with van der Waals surface area (Å²) in [5, 5.41) is 3.47. The molecule has 1 N–H and O–H groups in total. The second-order valence-electron chi connectivity index (χ2n) is 5.18. The number of rotatable bonds is 10. The van der Waals surface area contributed by atoms with Crippen LogP contribution >= 0.6 is 0 Å². The highest BCUT2D eigenvalue weighted by atomic mass is 15.1. The van der Waals surface area contributed by atoms with E-state index in [1.807, 2.05) is 0 Å². The Morgan fingerprint density at radius 1 is 1.10 bits per heavy atom. The van der Waals surface area contributed by atoms with Crippen molar-refractivity contribution in [3.8, 4) is 12.3 Å². The second-order valence-corrected chi connectivity index (χ2v) is 5.18. The highest BCUT2D eigenvalue weighted by molar-refractivity contribution is 5.27. The summed E-state index contributed by atoms with van der Waals surface area (Å²) < 4.78 is 0. The van der Waals surface area contributed by atoms with E-state index in [0.29, 0.717) is 0 Å². The molecule has 0 spiro atoms. The highest BCUT2D eigenvalue weighted by Crippen LogP contribution is 2.12. The molecule has 0 heterocycles. The van der Waals surface area contributed by atoms with Crippen LogP contribution in [0.5, 0.6) is 0 Å². The molecule has 0 aliphatic heterocycles. The summed E-state index contributed by atoms with van der Waals surface area (Å²) >= 11 is 0. The van der Waals surface area contributed by atoms with Gasteiger partial charge in [-0.15, -0.1) is 6.42 Å². The van der Waals surface area contributed by atoms with Gasteiger partial charge >= 0.3 is 0 Å². The predicted molar refractivity (Wildman–Crippen MR) is 87.7 cm³/mol. The smallest absolute Gasteiger partial charge is 0.0601 e. The van der Waals surface area contributed by atoms with Crippen molar-refractivity contribution in [3.63, 3.8) is 0 Å². The van der Waals surface area contributed by atoms with Crippen LogP contribution in [0.1, 0.15) is 37.8 Å². The number of nitrogens with one attached hydrogen (secondary N) is 1. The lowest BCUT2D eigenvalue weighted by Gasteiger charge is -2.21. The van der Waals surface area contributed by atoms with Gasteiger partial charge in [0.2, 0.25) is 0 Å². The van der Waals surface area contributed by atoms with Gasteiger partial charge < -0.3 is 5.32 Å². The first kappa shape index (κ1) is 16.8. The molecule has 110 valence electrons. The third-order valence-corrected chi connectivity index (χ3v) is 3.36. The van der Waals surface area contributed by atoms with Gasteiger partial charge in [0.1, 0.15) is 0 Å². The molecule has 0 aliphatic rings. The fourth-order valence-electron chi connectivity index (χ4n) is 2.38. The van der Waals surface area contributed by atoms with Gasteiger partial charge in [0.05, 0.1) is 6.54 Å². The molecule has 1 aromatic rings. The van der Waals surface area contributed by atoms with Crippen molar-refractivity contribution in [2.75, 3.05) is 26.2 Å². The molecule has 0 amide bonds. The van der Waals surface area contributed by atoms with Crippen molar-refractivity contribution in [2.24, 2.45) is 0 Å². The molecule has 0 saturated carbocycles. The van der Waals surface area contributed by atoms with Gasteiger partial charge in [-0.05, 0) is 50.0 Å². The maximum atomic E-state index is 5.46. The van der Waals surface area contributed by atoms with Crippen molar-refractivity contribution >= 4 is 0 Å². The van der Waals surface area contributed by atoms with Crippen LogP contribution in [0, 0.1) is 12.3 Å². The Morgan fingerprint density at radius 3 is 2.50 bits per heavy atom. The van der Waals surface area contributed by atoms with Crippen LogP contribution in [0.15, 0.2) is 24.3 Å². The lowest BCUT2D eigenvalue weighted by atomic mass is 10.0. The molecule has 1 rings (SSSR count). The molecule has 0 radical (unpaired) electrons. The van der Waals surface area contributed by atoms with E-state index in [4.69, 9.17) is 6.42 Å². The minimum absolute atomic E-state index is 0.732. The molecule has 0 fully saturated rings. The fourth-order valence-corrected chi connectivity index (χ4v) is 2.38. The first-order valence-electron chi connectivity index (χ1n) is 7.75. The predicted octanol–water partition coefficient (Wildman–Crippen LogP) is 3.07. The molecule has 2 nitrogen and oxygen atoms in total. The Labute approximate surface area is 124 Å². The van der Waals surface area contributed by atoms with E-state index in [9.17, 15) is 0 Å². The third-order valence-electron chi connectivity index (χ3n) is 3.36. The van der Waals surface area contributed by atoms with Gasteiger partial charge in [-0.3, -0.25) is 4.90 Å². The number of terminal acetylenes is 1. The molecule has 0 aromatic heterocycles. The Morgan fingerprint density at radius 2 is 1.85 bits per heavy atom. The number of hydrogen-bond donors (Lipinski definition) is 1. The first-order chi connectivity index (χ1) is 9.81. The lowest BCUT2D eigenvalue weighted by Crippen LogP contribution is -2.25. The summed E-state index contributed by atoms with van der Waals surface area (Å²) in [6.45, 7) is 9.30. The van der Waals surface area contributed by atoms with Crippen molar-refractivity contribution in [1.82, 2.24) is 10.2 Å². The normalized spacial score (nSPS) is 10.7. The van der Waals surface area contributed by atoms with Gasteiger partial charge in [-0.2, -0.15) is 0 Å². The molecule has 20 heavy (non-hydrogen) atoms. The summed E-state index contributed by atoms with van der Waals surface area (Å²) in [6, 6.07) is 8.72. The van der Waals surface area contributed by atoms with Gasteiger partial charge in [-0.1, -0.05) is 44.0 Å². The topological polar surface area (TPSA) is 15.3 Å². The van der Waals surface area contributed by atoms with E-state index in [1.165, 1.54) is 17.5 Å². The van der Waals surface area contributed by atoms with Crippen LogP contribution in [0.2, 0.25) is 0 Å². The van der Waals surface area contributed by atoms with Crippen molar-refractivity contribution in [1.29, 1.82) is 0 Å². The highest BCUT2D eigenvalue weighted by Gasteiger charge is 2.07. The van der Waals surface area contributed by atoms with Crippen LogP contribution in [-0.2, 0) is 13.0 Å². The molecular formula is C18H28N2. The van der Waals surface area contributed by atoms with E-state index in [2.05, 4.69) is 54.3 Å². The Hall–Kier alpha value is -1.30. The zero-order chi connectivity index (χ0) is 14.6. The van der Waals surface area contributed by atoms with Gasteiger partial charge in [0.25, 0.3) is 0 Å². The quantitative estimate of drug-likeness (QED) is 0.520. The molecule has 1 aromatic carbocycles. The van der Waals surface area contributed by atoms with Crippen LogP contribution in [0.4, 0.5) is 0 Å². The molecule has 0 unspecified atom stereocenters. The molecule has 2 heteroatoms. The standard InChI is InChI=1S/C18H28N2/c1-4-12-19-13-11-17-9-7-8-10-18(17)16-20(14-5-2)15-6-3/h2,7-10,19H,4,6,11-16H2,1,3H3. The third kappa shape index (κ3) is 6.23. The van der Waals surface area contributed by atoms with E-state index < -0.39 is 0 Å². The minimum atomic E-state index is 0.732. The Balaban J connectivity index is 2.61. The second kappa shape index (κ2) is 10.5. The lowest BCUT2D eigenvalue weighted by molar-refractivity contribution is 0.299. The first-order valence-corrected chi connectivity index (χ1v) is 7.75. The van der Waals surface area contributed by atoms with Crippen molar-refractivity contribution in [2.45, 2.75) is 39.7 Å². The molecule has 0 bridgehead atoms. The summed E-state index contributed by atoms with van der Waals surface area (Å²) in [6.07, 6.45) is 8.88. The average Bonchev–Trinajstić information content (AvgIpc) is 2.46. The van der Waals surface area contributed by atoms with Crippen molar-refractivity contribution in [3.05, 3.63) is 35.4 Å². The molecule has 0 aliphatic carbocycles. The molecular weight excluding hydrogens is 244 g/mol. The van der Waals surface area contributed by atoms with E-state index >= 15 is 0 Å². The van der Waals surface area contributed by atoms with Gasteiger partial charge in [0, 0.05) is 6.54 Å². The SMILES string of the molecule is C#CCN(CCC)Cc1ccccc1CCNCCC. The number of nitrogens with zero attached hydrogens (tertiary/aromatic N) is 1. The summed E-state index contributed by atoms with van der Waals surface area (Å²) in [7, 11) is 0. The zero-order valence-electron chi connectivity index (χ0n) is 13.0. The summed E-state index contributed by atoms with van der Waals surface area (Å²) in [5.41, 5.74) is 2.85. The monoisotopic (exact) mass is 272 g/mol. The van der Waals surface area contributed by atoms with Crippen LogP contribution in [0.3, 0.4) is 0 Å². The maximum absolute atomic E-state index is 5.46. The largest absolute Gasteiger partial charge is 0.316 e. The zero-order valence-corrected chi connectivity index (χ0v) is 13.0. The van der Waals surface area contributed by atoms with E-state index in [-0.39, 0.29) is 0 Å². The van der Waals surface area contributed by atoms with Crippen LogP contribution < -0.4 is 5.32 Å².